The summed E-state index contributed by atoms with van der Waals surface area (Å²) < 4.78 is 27.4. The number of rotatable bonds is 3. The van der Waals surface area contributed by atoms with Crippen LogP contribution in [-0.4, -0.2) is 6.61 Å². The van der Waals surface area contributed by atoms with E-state index in [4.69, 9.17) is 0 Å². The largest absolute Gasteiger partial charge is 0.434 e. The van der Waals surface area contributed by atoms with Crippen molar-refractivity contribution in [2.24, 2.45) is 0 Å². The fourth-order valence-corrected chi connectivity index (χ4v) is 0.719. The summed E-state index contributed by atoms with van der Waals surface area (Å²) in [5.41, 5.74) is 0.816. The fraction of sp³-hybridized carbons (Fsp3) is 0.111. The number of ether oxygens (including phenoxy) is 1. The van der Waals surface area contributed by atoms with Crippen LogP contribution in [0.4, 0.5) is 8.78 Å². The molecule has 1 aromatic carbocycles. The maximum absolute atomic E-state index is 11.6. The van der Waals surface area contributed by atoms with E-state index in [1.165, 1.54) is 12.1 Å². The van der Waals surface area contributed by atoms with E-state index < -0.39 is 6.61 Å². The van der Waals surface area contributed by atoms with E-state index in [-0.39, 0.29) is 5.75 Å². The van der Waals surface area contributed by atoms with Crippen LogP contribution in [0.25, 0.3) is 6.08 Å². The Morgan fingerprint density at radius 3 is 2.67 bits per heavy atom. The number of hydrogen-bond donors (Lipinski definition) is 0. The zero-order valence-corrected chi connectivity index (χ0v) is 6.26. The summed E-state index contributed by atoms with van der Waals surface area (Å²) in [6.07, 6.45) is 1.60. The van der Waals surface area contributed by atoms with Crippen LogP contribution in [0, 0.1) is 6.07 Å². The Labute approximate surface area is 69.3 Å². The Hall–Kier alpha value is -1.38. The molecule has 12 heavy (non-hydrogen) atoms. The molecule has 0 atom stereocenters. The highest BCUT2D eigenvalue weighted by molar-refractivity contribution is 5.47. The number of alkyl halides is 2. The van der Waals surface area contributed by atoms with Crippen molar-refractivity contribution in [1.82, 2.24) is 0 Å². The van der Waals surface area contributed by atoms with Crippen molar-refractivity contribution in [3.05, 3.63) is 36.4 Å². The molecule has 0 aliphatic rings. The second kappa shape index (κ2) is 3.85. The standard InChI is InChI=1S/C9H7F2O/c1-2-7-3-5-8(6-4-7)12-9(10)11/h2-5,9H,1H2. The summed E-state index contributed by atoms with van der Waals surface area (Å²) in [4.78, 5) is 0. The van der Waals surface area contributed by atoms with Gasteiger partial charge in [-0.3, -0.25) is 0 Å². The Morgan fingerprint density at radius 1 is 1.50 bits per heavy atom. The Morgan fingerprint density at radius 2 is 2.25 bits per heavy atom. The molecule has 0 aliphatic heterocycles. The third kappa shape index (κ3) is 2.34. The van der Waals surface area contributed by atoms with Crippen molar-refractivity contribution in [3.8, 4) is 5.75 Å². The first-order valence-corrected chi connectivity index (χ1v) is 3.31. The molecule has 1 nitrogen and oxygen atoms in total. The van der Waals surface area contributed by atoms with Gasteiger partial charge in [0.15, 0.2) is 0 Å². The average molecular weight is 169 g/mol. The van der Waals surface area contributed by atoms with Gasteiger partial charge in [0.1, 0.15) is 5.75 Å². The van der Waals surface area contributed by atoms with Gasteiger partial charge in [-0.15, -0.1) is 0 Å². The summed E-state index contributed by atoms with van der Waals surface area (Å²) in [5, 5.41) is 0. The minimum atomic E-state index is -2.80. The molecule has 0 aliphatic carbocycles. The van der Waals surface area contributed by atoms with E-state index >= 15 is 0 Å². The van der Waals surface area contributed by atoms with Crippen LogP contribution in [-0.2, 0) is 0 Å². The minimum absolute atomic E-state index is 0.0376. The number of halogens is 2. The van der Waals surface area contributed by atoms with Gasteiger partial charge in [0, 0.05) is 6.07 Å². The van der Waals surface area contributed by atoms with E-state index in [0.29, 0.717) is 0 Å². The predicted octanol–water partition coefficient (Wildman–Crippen LogP) is 2.73. The van der Waals surface area contributed by atoms with Crippen molar-refractivity contribution in [3.63, 3.8) is 0 Å². The van der Waals surface area contributed by atoms with E-state index in [9.17, 15) is 8.78 Å². The maximum Gasteiger partial charge on any atom is 0.387 e. The highest BCUT2D eigenvalue weighted by atomic mass is 19.3. The lowest BCUT2D eigenvalue weighted by molar-refractivity contribution is -0.0500. The molecule has 3 heteroatoms. The van der Waals surface area contributed by atoms with Gasteiger partial charge in [-0.2, -0.15) is 8.78 Å². The van der Waals surface area contributed by atoms with E-state index in [0.717, 1.165) is 5.56 Å². The third-order valence-corrected chi connectivity index (χ3v) is 1.26. The van der Waals surface area contributed by atoms with Crippen LogP contribution in [0.1, 0.15) is 5.56 Å². The van der Waals surface area contributed by atoms with Crippen molar-refractivity contribution >= 4 is 6.08 Å². The molecule has 0 unspecified atom stereocenters. The maximum atomic E-state index is 11.6. The van der Waals surface area contributed by atoms with Gasteiger partial charge >= 0.3 is 6.61 Å². The smallest absolute Gasteiger partial charge is 0.387 e. The lowest BCUT2D eigenvalue weighted by Crippen LogP contribution is -2.01. The molecule has 0 aromatic heterocycles. The van der Waals surface area contributed by atoms with Gasteiger partial charge in [0.05, 0.1) is 0 Å². The summed E-state index contributed by atoms with van der Waals surface area (Å²) in [5.74, 6) is 0.0376. The predicted molar refractivity (Wildman–Crippen MR) is 42.0 cm³/mol. The van der Waals surface area contributed by atoms with E-state index in [1.54, 1.807) is 12.1 Å². The summed E-state index contributed by atoms with van der Waals surface area (Å²) in [7, 11) is 0. The minimum Gasteiger partial charge on any atom is -0.434 e. The van der Waals surface area contributed by atoms with Crippen LogP contribution in [0.15, 0.2) is 24.8 Å². The quantitative estimate of drug-likeness (QED) is 0.676. The second-order valence-corrected chi connectivity index (χ2v) is 2.07. The zero-order valence-electron chi connectivity index (χ0n) is 6.26. The SMILES string of the molecule is C=Cc1c[c]c(OC(F)F)cc1. The monoisotopic (exact) mass is 169 g/mol. The first-order valence-electron chi connectivity index (χ1n) is 3.31. The Kier molecular flexibility index (Phi) is 2.80. The van der Waals surface area contributed by atoms with Crippen LogP contribution in [0.2, 0.25) is 0 Å². The first-order chi connectivity index (χ1) is 5.72. The van der Waals surface area contributed by atoms with Gasteiger partial charge in [0.25, 0.3) is 0 Å². The molecular weight excluding hydrogens is 162 g/mol. The Bertz CT molecular complexity index is 254. The number of hydrogen-bond acceptors (Lipinski definition) is 1. The van der Waals surface area contributed by atoms with Crippen molar-refractivity contribution in [2.45, 2.75) is 6.61 Å². The molecular formula is C9H7F2O. The van der Waals surface area contributed by atoms with Gasteiger partial charge in [-0.25, -0.2) is 0 Å². The molecule has 63 valence electrons. The molecule has 0 bridgehead atoms. The molecule has 1 aromatic rings. The summed E-state index contributed by atoms with van der Waals surface area (Å²) in [6.45, 7) is 0.717. The normalized spacial score (nSPS) is 9.92. The molecule has 0 fully saturated rings. The van der Waals surface area contributed by atoms with Crippen molar-refractivity contribution in [1.29, 1.82) is 0 Å². The summed E-state index contributed by atoms with van der Waals surface area (Å²) in [6, 6.07) is 7.12. The van der Waals surface area contributed by atoms with Crippen molar-refractivity contribution in [2.75, 3.05) is 0 Å². The van der Waals surface area contributed by atoms with Crippen LogP contribution < -0.4 is 4.74 Å². The average Bonchev–Trinajstić information content (AvgIpc) is 2.05. The number of benzene rings is 1. The third-order valence-electron chi connectivity index (χ3n) is 1.26. The molecule has 0 spiro atoms. The van der Waals surface area contributed by atoms with Crippen LogP contribution in [0.3, 0.4) is 0 Å². The fourth-order valence-electron chi connectivity index (χ4n) is 0.719. The molecule has 1 radical (unpaired) electrons. The lowest BCUT2D eigenvalue weighted by atomic mass is 10.2. The highest BCUT2D eigenvalue weighted by Gasteiger charge is 2.02. The van der Waals surface area contributed by atoms with Crippen molar-refractivity contribution < 1.29 is 13.5 Å². The molecule has 0 saturated carbocycles. The highest BCUT2D eigenvalue weighted by Crippen LogP contribution is 2.14. The van der Waals surface area contributed by atoms with Gasteiger partial charge in [-0.05, 0) is 17.7 Å². The molecule has 0 saturated heterocycles. The van der Waals surface area contributed by atoms with Crippen LogP contribution in [0.5, 0.6) is 5.75 Å². The summed E-state index contributed by atoms with van der Waals surface area (Å²) >= 11 is 0. The van der Waals surface area contributed by atoms with Gasteiger partial charge in [0.2, 0.25) is 0 Å². The molecule has 1 rings (SSSR count). The Balaban J connectivity index is 2.71. The molecule has 0 heterocycles. The van der Waals surface area contributed by atoms with Crippen LogP contribution >= 0.6 is 0 Å². The topological polar surface area (TPSA) is 9.23 Å². The zero-order chi connectivity index (χ0) is 8.97. The van der Waals surface area contributed by atoms with E-state index in [2.05, 4.69) is 17.4 Å². The van der Waals surface area contributed by atoms with E-state index in [1.807, 2.05) is 0 Å². The molecule has 0 N–H and O–H groups in total. The van der Waals surface area contributed by atoms with Gasteiger partial charge < -0.3 is 4.74 Å². The molecule has 0 amide bonds. The first kappa shape index (κ1) is 8.71. The second-order valence-electron chi connectivity index (χ2n) is 2.07. The lowest BCUT2D eigenvalue weighted by Gasteiger charge is -2.02. The van der Waals surface area contributed by atoms with Gasteiger partial charge in [-0.1, -0.05) is 18.7 Å².